The van der Waals surface area contributed by atoms with E-state index in [-0.39, 0.29) is 16.3 Å². The maximum Gasteiger partial charge on any atom is 0.445 e. The molecule has 1 saturated carbocycles. The molecular weight excluding hydrogens is 335 g/mol. The van der Waals surface area contributed by atoms with E-state index in [1.807, 2.05) is 0 Å². The van der Waals surface area contributed by atoms with Gasteiger partial charge in [0.15, 0.2) is 0 Å². The summed E-state index contributed by atoms with van der Waals surface area (Å²) in [6, 6.07) is 3.74. The Balaban J connectivity index is 2.21. The van der Waals surface area contributed by atoms with Crippen LogP contribution in [0.1, 0.15) is 18.4 Å². The van der Waals surface area contributed by atoms with Gasteiger partial charge in [0.05, 0.1) is 5.69 Å². The summed E-state index contributed by atoms with van der Waals surface area (Å²) in [7, 11) is 1.38. The number of ether oxygens (including phenoxy) is 2. The lowest BCUT2D eigenvalue weighted by Crippen LogP contribution is -2.49. The number of benzene rings is 1. The third kappa shape index (κ3) is 2.62. The van der Waals surface area contributed by atoms with Gasteiger partial charge in [0.2, 0.25) is 0 Å². The summed E-state index contributed by atoms with van der Waals surface area (Å²) >= 11 is 5.81. The monoisotopic (exact) mass is 345 g/mol. The van der Waals surface area contributed by atoms with Crippen molar-refractivity contribution in [2.24, 2.45) is 0 Å². The Labute approximate surface area is 134 Å². The Morgan fingerprint density at radius 2 is 2.04 bits per heavy atom. The molecular formula is C15H11ClF3NO3. The molecule has 1 amide bonds. The average Bonchev–Trinajstić information content (AvgIpc) is 3.25. The Morgan fingerprint density at radius 3 is 2.61 bits per heavy atom. The first-order chi connectivity index (χ1) is 10.7. The van der Waals surface area contributed by atoms with E-state index < -0.39 is 23.5 Å². The molecule has 23 heavy (non-hydrogen) atoms. The van der Waals surface area contributed by atoms with Crippen LogP contribution in [0.5, 0.6) is 0 Å². The number of fused-ring (bicyclic) bond motifs is 1. The minimum absolute atomic E-state index is 0.0421. The zero-order valence-electron chi connectivity index (χ0n) is 11.9. The van der Waals surface area contributed by atoms with Crippen molar-refractivity contribution in [1.82, 2.24) is 0 Å². The second kappa shape index (κ2) is 5.05. The molecule has 0 unspecified atom stereocenters. The second-order valence-electron chi connectivity index (χ2n) is 5.33. The molecule has 1 atom stereocenters. The van der Waals surface area contributed by atoms with E-state index in [9.17, 15) is 18.0 Å². The number of hydrogen-bond donors (Lipinski definition) is 1. The zero-order valence-corrected chi connectivity index (χ0v) is 12.6. The SMILES string of the molecule is COC1(C#C[C@]2(C(F)(F)F)OC(=O)Nc3ccc(Cl)cc32)CC1. The van der Waals surface area contributed by atoms with Crippen LogP contribution in [0.25, 0.3) is 0 Å². The number of carbonyl (C=O) groups excluding carboxylic acids is 1. The highest BCUT2D eigenvalue weighted by Gasteiger charge is 2.62. The summed E-state index contributed by atoms with van der Waals surface area (Å²) in [6.07, 6.45) is -5.12. The van der Waals surface area contributed by atoms with Gasteiger partial charge in [0, 0.05) is 17.7 Å². The van der Waals surface area contributed by atoms with Crippen LogP contribution in [0.3, 0.4) is 0 Å². The summed E-state index contributed by atoms with van der Waals surface area (Å²) in [5.41, 5.74) is -4.38. The van der Waals surface area contributed by atoms with E-state index in [1.54, 1.807) is 0 Å². The van der Waals surface area contributed by atoms with Crippen molar-refractivity contribution in [2.75, 3.05) is 12.4 Å². The van der Waals surface area contributed by atoms with E-state index in [0.717, 1.165) is 6.07 Å². The summed E-state index contributed by atoms with van der Waals surface area (Å²) in [5, 5.41) is 2.30. The second-order valence-corrected chi connectivity index (χ2v) is 5.77. The minimum Gasteiger partial charge on any atom is -0.415 e. The lowest BCUT2D eigenvalue weighted by molar-refractivity contribution is -0.239. The molecule has 1 aromatic rings. The highest BCUT2D eigenvalue weighted by molar-refractivity contribution is 6.30. The van der Waals surface area contributed by atoms with Gasteiger partial charge < -0.3 is 9.47 Å². The summed E-state index contributed by atoms with van der Waals surface area (Å²) < 4.78 is 51.1. The van der Waals surface area contributed by atoms with Crippen molar-refractivity contribution in [3.63, 3.8) is 0 Å². The van der Waals surface area contributed by atoms with Crippen LogP contribution >= 0.6 is 11.6 Å². The molecule has 1 aliphatic heterocycles. The number of nitrogens with one attached hydrogen (secondary N) is 1. The summed E-state index contributed by atoms with van der Waals surface area (Å²) in [6.45, 7) is 0. The fourth-order valence-corrected chi connectivity index (χ4v) is 2.49. The fraction of sp³-hybridized carbons (Fsp3) is 0.400. The average molecular weight is 346 g/mol. The Hall–Kier alpha value is -1.91. The summed E-state index contributed by atoms with van der Waals surface area (Å²) in [4.78, 5) is 11.6. The Morgan fingerprint density at radius 1 is 1.35 bits per heavy atom. The maximum atomic E-state index is 13.8. The third-order valence-electron chi connectivity index (χ3n) is 3.80. The molecule has 0 radical (unpaired) electrons. The smallest absolute Gasteiger partial charge is 0.415 e. The highest BCUT2D eigenvalue weighted by Crippen LogP contribution is 2.48. The number of rotatable bonds is 1. The number of methoxy groups -OCH3 is 1. The van der Waals surface area contributed by atoms with Gasteiger partial charge in [-0.2, -0.15) is 13.2 Å². The highest BCUT2D eigenvalue weighted by atomic mass is 35.5. The van der Waals surface area contributed by atoms with E-state index >= 15 is 0 Å². The molecule has 1 N–H and O–H groups in total. The lowest BCUT2D eigenvalue weighted by Gasteiger charge is -2.35. The van der Waals surface area contributed by atoms with Crippen LogP contribution in [-0.4, -0.2) is 25.0 Å². The van der Waals surface area contributed by atoms with Gasteiger partial charge in [-0.05, 0) is 37.0 Å². The van der Waals surface area contributed by atoms with E-state index in [0.29, 0.717) is 12.8 Å². The molecule has 0 saturated heterocycles. The molecule has 1 heterocycles. The molecule has 1 aliphatic carbocycles. The molecule has 122 valence electrons. The predicted molar refractivity (Wildman–Crippen MR) is 76.0 cm³/mol. The van der Waals surface area contributed by atoms with Crippen LogP contribution in [0.15, 0.2) is 18.2 Å². The Bertz CT molecular complexity index is 734. The first-order valence-electron chi connectivity index (χ1n) is 6.68. The van der Waals surface area contributed by atoms with Crippen molar-refractivity contribution in [1.29, 1.82) is 0 Å². The first-order valence-corrected chi connectivity index (χ1v) is 7.05. The molecule has 4 nitrogen and oxygen atoms in total. The van der Waals surface area contributed by atoms with Crippen molar-refractivity contribution < 1.29 is 27.4 Å². The normalized spacial score (nSPS) is 24.7. The van der Waals surface area contributed by atoms with Crippen molar-refractivity contribution >= 4 is 23.4 Å². The van der Waals surface area contributed by atoms with Gasteiger partial charge in [0.1, 0.15) is 5.60 Å². The van der Waals surface area contributed by atoms with Crippen molar-refractivity contribution in [3.05, 3.63) is 28.8 Å². The quantitative estimate of drug-likeness (QED) is 0.787. The van der Waals surface area contributed by atoms with Gasteiger partial charge in [-0.1, -0.05) is 17.5 Å². The van der Waals surface area contributed by atoms with Crippen LogP contribution in [0, 0.1) is 11.8 Å². The Kier molecular flexibility index (Phi) is 3.50. The van der Waals surface area contributed by atoms with Crippen LogP contribution in [0.4, 0.5) is 23.7 Å². The third-order valence-corrected chi connectivity index (χ3v) is 4.04. The molecule has 0 spiro atoms. The van der Waals surface area contributed by atoms with Gasteiger partial charge in [-0.3, -0.25) is 5.32 Å². The van der Waals surface area contributed by atoms with E-state index in [1.165, 1.54) is 19.2 Å². The number of halogens is 4. The molecule has 1 fully saturated rings. The first kappa shape index (κ1) is 16.0. The molecule has 0 bridgehead atoms. The van der Waals surface area contributed by atoms with Gasteiger partial charge in [-0.25, -0.2) is 4.79 Å². The topological polar surface area (TPSA) is 47.6 Å². The number of hydrogen-bond acceptors (Lipinski definition) is 3. The number of cyclic esters (lactones) is 1. The molecule has 2 aliphatic rings. The molecule has 3 rings (SSSR count). The lowest BCUT2D eigenvalue weighted by atomic mass is 9.90. The molecule has 0 aromatic heterocycles. The van der Waals surface area contributed by atoms with E-state index in [4.69, 9.17) is 16.3 Å². The van der Waals surface area contributed by atoms with Crippen LogP contribution in [-0.2, 0) is 15.1 Å². The molecule has 8 heteroatoms. The number of alkyl halides is 3. The van der Waals surface area contributed by atoms with Gasteiger partial charge >= 0.3 is 12.3 Å². The number of amides is 1. The fourth-order valence-electron chi connectivity index (χ4n) is 2.32. The number of carbonyl (C=O) groups is 1. The van der Waals surface area contributed by atoms with Gasteiger partial charge in [0.25, 0.3) is 5.60 Å². The zero-order chi connectivity index (χ0) is 16.9. The van der Waals surface area contributed by atoms with Crippen LogP contribution < -0.4 is 5.32 Å². The van der Waals surface area contributed by atoms with Gasteiger partial charge in [-0.15, -0.1) is 0 Å². The maximum absolute atomic E-state index is 13.8. The van der Waals surface area contributed by atoms with Crippen LogP contribution in [0.2, 0.25) is 5.02 Å². The predicted octanol–water partition coefficient (Wildman–Crippen LogP) is 3.84. The largest absolute Gasteiger partial charge is 0.445 e. The van der Waals surface area contributed by atoms with Crippen molar-refractivity contribution in [3.8, 4) is 11.8 Å². The molecule has 1 aromatic carbocycles. The number of anilines is 1. The standard InChI is InChI=1S/C15H11ClF3NO3/c1-22-13(4-5-13)6-7-14(15(17,18)19)10-8-9(16)2-3-11(10)20-12(21)23-14/h2-3,8H,4-5H2,1H3,(H,20,21)/t14-/m0/s1. The van der Waals surface area contributed by atoms with Crippen molar-refractivity contribution in [2.45, 2.75) is 30.2 Å². The minimum atomic E-state index is -4.94. The summed E-state index contributed by atoms with van der Waals surface area (Å²) in [5.74, 6) is 4.58. The van der Waals surface area contributed by atoms with E-state index in [2.05, 4.69) is 21.9 Å².